The van der Waals surface area contributed by atoms with E-state index in [4.69, 9.17) is 8.83 Å². The Kier molecular flexibility index (Phi) is 7.20. The smallest absolute Gasteiger partial charge is 0.159 e. The van der Waals surface area contributed by atoms with Gasteiger partial charge in [0.1, 0.15) is 16.7 Å². The lowest BCUT2D eigenvalue weighted by Crippen LogP contribution is -2.11. The fourth-order valence-electron chi connectivity index (χ4n) is 9.06. The van der Waals surface area contributed by atoms with Crippen LogP contribution in [0, 0.1) is 0 Å². The van der Waals surface area contributed by atoms with Gasteiger partial charge in [-0.25, -0.2) is 0 Å². The minimum atomic E-state index is 0.844. The van der Waals surface area contributed by atoms with Crippen LogP contribution in [-0.2, 0) is 0 Å². The monoisotopic (exact) mass is 742 g/mol. The van der Waals surface area contributed by atoms with Gasteiger partial charge in [0.05, 0.1) is 28.1 Å². The van der Waals surface area contributed by atoms with Crippen LogP contribution < -0.4 is 4.90 Å². The van der Waals surface area contributed by atoms with E-state index in [1.807, 2.05) is 18.2 Å². The molecule has 12 aromatic rings. The Labute approximate surface area is 334 Å². The third kappa shape index (κ3) is 4.88. The molecule has 0 atom stereocenters. The third-order valence-electron chi connectivity index (χ3n) is 11.6. The predicted molar refractivity (Wildman–Crippen MR) is 241 cm³/mol. The van der Waals surface area contributed by atoms with Gasteiger partial charge in [0.25, 0.3) is 0 Å². The molecule has 0 aliphatic heterocycles. The number of para-hydroxylation sites is 7. The van der Waals surface area contributed by atoms with E-state index < -0.39 is 0 Å². The lowest BCUT2D eigenvalue weighted by atomic mass is 10.00. The highest BCUT2D eigenvalue weighted by molar-refractivity contribution is 6.14. The van der Waals surface area contributed by atoms with Gasteiger partial charge in [-0.2, -0.15) is 0 Å². The maximum absolute atomic E-state index is 6.75. The van der Waals surface area contributed by atoms with Crippen molar-refractivity contribution in [3.8, 4) is 27.9 Å². The van der Waals surface area contributed by atoms with Gasteiger partial charge in [0.15, 0.2) is 5.58 Å². The van der Waals surface area contributed by atoms with Crippen LogP contribution in [-0.4, -0.2) is 4.57 Å². The predicted octanol–water partition coefficient (Wildman–Crippen LogP) is 15.4. The van der Waals surface area contributed by atoms with Crippen LogP contribution in [0.1, 0.15) is 0 Å². The Morgan fingerprint density at radius 1 is 0.345 bits per heavy atom. The maximum atomic E-state index is 6.75. The van der Waals surface area contributed by atoms with Gasteiger partial charge in [0, 0.05) is 54.7 Å². The van der Waals surface area contributed by atoms with E-state index in [1.165, 1.54) is 10.8 Å². The molecule has 3 aromatic heterocycles. The van der Waals surface area contributed by atoms with Gasteiger partial charge in [-0.1, -0.05) is 158 Å². The summed E-state index contributed by atoms with van der Waals surface area (Å²) in [5.41, 5.74) is 14.3. The lowest BCUT2D eigenvalue weighted by molar-refractivity contribution is 0.669. The minimum Gasteiger partial charge on any atom is -0.455 e. The van der Waals surface area contributed by atoms with E-state index in [9.17, 15) is 0 Å². The largest absolute Gasteiger partial charge is 0.455 e. The van der Waals surface area contributed by atoms with Crippen molar-refractivity contribution < 1.29 is 8.83 Å². The van der Waals surface area contributed by atoms with Crippen molar-refractivity contribution in [1.29, 1.82) is 0 Å². The van der Waals surface area contributed by atoms with E-state index in [0.29, 0.717) is 0 Å². The minimum absolute atomic E-state index is 0.844. The van der Waals surface area contributed by atoms with E-state index >= 15 is 0 Å². The van der Waals surface area contributed by atoms with Crippen molar-refractivity contribution in [2.75, 3.05) is 4.90 Å². The molecule has 272 valence electrons. The lowest BCUT2D eigenvalue weighted by Gasteiger charge is -2.28. The summed E-state index contributed by atoms with van der Waals surface area (Å²) >= 11 is 0. The molecule has 0 N–H and O–H groups in total. The fraction of sp³-hybridized carbons (Fsp3) is 0. The zero-order chi connectivity index (χ0) is 38.2. The van der Waals surface area contributed by atoms with Gasteiger partial charge in [-0.15, -0.1) is 0 Å². The van der Waals surface area contributed by atoms with Crippen LogP contribution >= 0.6 is 0 Å². The van der Waals surface area contributed by atoms with Crippen molar-refractivity contribution in [3.05, 3.63) is 206 Å². The molecule has 58 heavy (non-hydrogen) atoms. The number of hydrogen-bond acceptors (Lipinski definition) is 3. The Hall–Kier alpha value is -7.82. The van der Waals surface area contributed by atoms with Crippen molar-refractivity contribution >= 4 is 82.7 Å². The number of benzene rings is 9. The molecular formula is C54H34N2O2. The average molecular weight is 743 g/mol. The summed E-state index contributed by atoms with van der Waals surface area (Å²) in [7, 11) is 0. The molecule has 4 nitrogen and oxygen atoms in total. The molecule has 0 saturated heterocycles. The molecule has 0 aliphatic carbocycles. The van der Waals surface area contributed by atoms with Gasteiger partial charge in [0.2, 0.25) is 0 Å². The molecule has 12 rings (SSSR count). The molecule has 0 amide bonds. The van der Waals surface area contributed by atoms with Crippen molar-refractivity contribution in [1.82, 2.24) is 4.57 Å². The number of fused-ring (bicyclic) bond motifs is 9. The van der Waals surface area contributed by atoms with Crippen LogP contribution in [0.25, 0.3) is 93.6 Å². The summed E-state index contributed by atoms with van der Waals surface area (Å²) in [6.07, 6.45) is 0. The number of furan rings is 2. The first-order chi connectivity index (χ1) is 28.8. The highest BCUT2D eigenvalue weighted by Gasteiger charge is 2.24. The molecule has 0 bridgehead atoms. The molecule has 0 spiro atoms. The van der Waals surface area contributed by atoms with E-state index in [2.05, 4.69) is 198 Å². The first-order valence-electron chi connectivity index (χ1n) is 19.7. The van der Waals surface area contributed by atoms with Crippen LogP contribution in [0.15, 0.2) is 215 Å². The first-order valence-corrected chi connectivity index (χ1v) is 19.7. The summed E-state index contributed by atoms with van der Waals surface area (Å²) < 4.78 is 15.8. The van der Waals surface area contributed by atoms with Gasteiger partial charge >= 0.3 is 0 Å². The molecule has 0 saturated carbocycles. The number of aromatic nitrogens is 1. The standard InChI is InChI=1S/C54H34N2O2/c1-2-16-35(17-3-1)37-18-4-9-26-46(37)55(49-29-15-25-45-42-22-8-13-31-52(42)58-54(45)49)36-32-33-40-38-19-5-10-27-47(38)56(50(40)34-36)48-28-11-6-20-39(48)43-23-14-24-44-41-21-7-12-30-51(41)57-53(43)44/h1-34H. The normalized spacial score (nSPS) is 11.8. The van der Waals surface area contributed by atoms with E-state index in [-0.39, 0.29) is 0 Å². The highest BCUT2D eigenvalue weighted by Crippen LogP contribution is 2.47. The zero-order valence-corrected chi connectivity index (χ0v) is 31.3. The molecule has 9 aromatic carbocycles. The van der Waals surface area contributed by atoms with Crippen molar-refractivity contribution in [2.45, 2.75) is 0 Å². The Morgan fingerprint density at radius 2 is 0.897 bits per heavy atom. The van der Waals surface area contributed by atoms with Gasteiger partial charge in [-0.05, 0) is 54.1 Å². The Bertz CT molecular complexity index is 3530. The Morgan fingerprint density at radius 3 is 1.71 bits per heavy atom. The van der Waals surface area contributed by atoms with Gasteiger partial charge < -0.3 is 18.3 Å². The molecule has 0 unspecified atom stereocenters. The van der Waals surface area contributed by atoms with Crippen LogP contribution in [0.3, 0.4) is 0 Å². The topological polar surface area (TPSA) is 34.5 Å². The van der Waals surface area contributed by atoms with E-state index in [0.717, 1.165) is 99.9 Å². The zero-order valence-electron chi connectivity index (χ0n) is 31.3. The Balaban J connectivity index is 1.15. The number of anilines is 3. The molecule has 0 fully saturated rings. The summed E-state index contributed by atoms with van der Waals surface area (Å²) in [4.78, 5) is 2.37. The molecular weight excluding hydrogens is 709 g/mol. The summed E-state index contributed by atoms with van der Waals surface area (Å²) in [6, 6.07) is 73.1. The summed E-state index contributed by atoms with van der Waals surface area (Å²) in [5, 5.41) is 6.78. The summed E-state index contributed by atoms with van der Waals surface area (Å²) in [6.45, 7) is 0. The molecule has 4 heteroatoms. The van der Waals surface area contributed by atoms with Crippen LogP contribution in [0.2, 0.25) is 0 Å². The number of hydrogen-bond donors (Lipinski definition) is 0. The average Bonchev–Trinajstić information content (AvgIpc) is 3.97. The second-order valence-corrected chi connectivity index (χ2v) is 14.8. The second-order valence-electron chi connectivity index (χ2n) is 14.8. The second kappa shape index (κ2) is 12.9. The highest BCUT2D eigenvalue weighted by atomic mass is 16.3. The fourth-order valence-corrected chi connectivity index (χ4v) is 9.06. The number of nitrogens with zero attached hydrogens (tertiary/aromatic N) is 2. The van der Waals surface area contributed by atoms with Crippen molar-refractivity contribution in [3.63, 3.8) is 0 Å². The van der Waals surface area contributed by atoms with E-state index in [1.54, 1.807) is 0 Å². The number of rotatable bonds is 6. The van der Waals surface area contributed by atoms with Crippen molar-refractivity contribution in [2.24, 2.45) is 0 Å². The third-order valence-corrected chi connectivity index (χ3v) is 11.6. The van der Waals surface area contributed by atoms with Gasteiger partial charge in [-0.3, -0.25) is 0 Å². The quantitative estimate of drug-likeness (QED) is 0.170. The molecule has 3 heterocycles. The SMILES string of the molecule is c1ccc(-c2ccccc2N(c2ccc3c4ccccc4n(-c4ccccc4-c4cccc5c4oc4ccccc45)c3c2)c2cccc3c2oc2ccccc23)cc1. The first kappa shape index (κ1) is 32.4. The maximum Gasteiger partial charge on any atom is 0.159 e. The van der Waals surface area contributed by atoms with Crippen LogP contribution in [0.5, 0.6) is 0 Å². The molecule has 0 aliphatic rings. The molecule has 0 radical (unpaired) electrons. The summed E-state index contributed by atoms with van der Waals surface area (Å²) in [5.74, 6) is 0. The van der Waals surface area contributed by atoms with Crippen LogP contribution in [0.4, 0.5) is 17.1 Å².